The summed E-state index contributed by atoms with van der Waals surface area (Å²) in [6.45, 7) is 1.03. The van der Waals surface area contributed by atoms with E-state index >= 15 is 0 Å². The molecule has 44 heavy (non-hydrogen) atoms. The molecular weight excluding hydrogens is 613 g/mol. The zero-order valence-corrected chi connectivity index (χ0v) is 24.7. The monoisotopic (exact) mass is 640 g/mol. The van der Waals surface area contributed by atoms with Gasteiger partial charge in [-0.3, -0.25) is 9.71 Å². The van der Waals surface area contributed by atoms with Crippen molar-refractivity contribution in [1.29, 1.82) is 0 Å². The molecule has 8 nitrogen and oxygen atoms in total. The number of aliphatic hydroxyl groups is 1. The van der Waals surface area contributed by atoms with Gasteiger partial charge < -0.3 is 15.2 Å². The Kier molecular flexibility index (Phi) is 9.59. The van der Waals surface area contributed by atoms with Crippen LogP contribution in [-0.2, 0) is 16.4 Å². The standard InChI is InChI=1S/C31H27F3N4O4S2/c32-31(33,34)42-26-11-5-23(6-12-26)30-37-28(20-43-30)22-7-13-27(14-8-22)44(40,41)38-25-9-3-21(4-10-25)15-17-36-19-29(39)24-2-1-16-35-18-24/h1-14,16,18,20,29,36,38-39H,15,17,19H2/t29-/m0/s1. The minimum absolute atomic E-state index is 0.0809. The number of hydrogen-bond donors (Lipinski definition) is 3. The number of ether oxygens (including phenoxy) is 1. The highest BCUT2D eigenvalue weighted by atomic mass is 32.2. The smallest absolute Gasteiger partial charge is 0.406 e. The van der Waals surface area contributed by atoms with Crippen molar-refractivity contribution in [3.8, 4) is 27.6 Å². The van der Waals surface area contributed by atoms with Gasteiger partial charge in [0.15, 0.2) is 0 Å². The second-order valence-corrected chi connectivity index (χ2v) is 12.2. The van der Waals surface area contributed by atoms with Gasteiger partial charge in [0.05, 0.1) is 16.7 Å². The highest BCUT2D eigenvalue weighted by Crippen LogP contribution is 2.31. The fourth-order valence-corrected chi connectivity index (χ4v) is 6.15. The number of pyridine rings is 1. The molecule has 5 aromatic rings. The number of halogens is 3. The Hall–Kier alpha value is -4.30. The van der Waals surface area contributed by atoms with Gasteiger partial charge in [-0.1, -0.05) is 30.3 Å². The fourth-order valence-electron chi connectivity index (χ4n) is 4.26. The molecule has 228 valence electrons. The molecule has 0 radical (unpaired) electrons. The minimum atomic E-state index is -4.76. The first kappa shape index (κ1) is 31.1. The Balaban J connectivity index is 1.14. The number of alkyl halides is 3. The van der Waals surface area contributed by atoms with E-state index in [4.69, 9.17) is 0 Å². The summed E-state index contributed by atoms with van der Waals surface area (Å²) in [6, 6.07) is 22.4. The predicted molar refractivity (Wildman–Crippen MR) is 163 cm³/mol. The molecule has 3 N–H and O–H groups in total. The number of hydrogen-bond acceptors (Lipinski definition) is 8. The van der Waals surface area contributed by atoms with Crippen molar-refractivity contribution in [1.82, 2.24) is 15.3 Å². The highest BCUT2D eigenvalue weighted by molar-refractivity contribution is 7.92. The zero-order valence-electron chi connectivity index (χ0n) is 23.0. The van der Waals surface area contributed by atoms with Crippen molar-refractivity contribution < 1.29 is 31.4 Å². The van der Waals surface area contributed by atoms with E-state index in [1.54, 1.807) is 48.1 Å². The molecule has 0 aliphatic heterocycles. The van der Waals surface area contributed by atoms with Crippen LogP contribution in [0.5, 0.6) is 5.75 Å². The third kappa shape index (κ3) is 8.41. The van der Waals surface area contributed by atoms with Crippen LogP contribution in [0.1, 0.15) is 17.2 Å². The van der Waals surface area contributed by atoms with Gasteiger partial charge in [0.25, 0.3) is 10.0 Å². The zero-order chi connectivity index (χ0) is 31.2. The van der Waals surface area contributed by atoms with Gasteiger partial charge >= 0.3 is 6.36 Å². The second kappa shape index (κ2) is 13.6. The van der Waals surface area contributed by atoms with Gasteiger partial charge in [-0.05, 0) is 73.1 Å². The third-order valence-corrected chi connectivity index (χ3v) is 8.79. The molecular formula is C31H27F3N4O4S2. The van der Waals surface area contributed by atoms with Crippen molar-refractivity contribution in [2.75, 3.05) is 17.8 Å². The van der Waals surface area contributed by atoms with Crippen LogP contribution in [0, 0.1) is 0 Å². The van der Waals surface area contributed by atoms with Crippen LogP contribution in [0.2, 0.25) is 0 Å². The lowest BCUT2D eigenvalue weighted by Gasteiger charge is -2.12. The molecule has 13 heteroatoms. The maximum Gasteiger partial charge on any atom is 0.573 e. The number of rotatable bonds is 12. The number of sulfonamides is 1. The quantitative estimate of drug-likeness (QED) is 0.135. The van der Waals surface area contributed by atoms with Crippen molar-refractivity contribution in [2.24, 2.45) is 0 Å². The maximum absolute atomic E-state index is 13.0. The van der Waals surface area contributed by atoms with E-state index in [9.17, 15) is 26.7 Å². The summed E-state index contributed by atoms with van der Waals surface area (Å²) in [4.78, 5) is 8.63. The van der Waals surface area contributed by atoms with E-state index in [-0.39, 0.29) is 10.6 Å². The average Bonchev–Trinajstić information content (AvgIpc) is 3.50. The molecule has 0 unspecified atom stereocenters. The van der Waals surface area contributed by atoms with Crippen LogP contribution < -0.4 is 14.8 Å². The van der Waals surface area contributed by atoms with E-state index in [0.29, 0.717) is 47.0 Å². The number of benzene rings is 3. The number of aromatic nitrogens is 2. The molecule has 1 atom stereocenters. The minimum Gasteiger partial charge on any atom is -0.406 e. The van der Waals surface area contributed by atoms with Crippen LogP contribution >= 0.6 is 11.3 Å². The number of anilines is 1. The molecule has 0 aliphatic rings. The largest absolute Gasteiger partial charge is 0.573 e. The number of thiazole rings is 1. The van der Waals surface area contributed by atoms with Crippen molar-refractivity contribution in [3.63, 3.8) is 0 Å². The average molecular weight is 641 g/mol. The van der Waals surface area contributed by atoms with Gasteiger partial charge in [-0.2, -0.15) is 0 Å². The molecule has 0 aliphatic carbocycles. The molecule has 2 aromatic heterocycles. The summed E-state index contributed by atoms with van der Waals surface area (Å²) in [6.07, 6.45) is -1.43. The first-order chi connectivity index (χ1) is 21.1. The van der Waals surface area contributed by atoms with Crippen LogP contribution in [0.25, 0.3) is 21.8 Å². The lowest BCUT2D eigenvalue weighted by atomic mass is 10.1. The fraction of sp³-hybridized carbons (Fsp3) is 0.161. The maximum atomic E-state index is 13.0. The molecule has 3 aromatic carbocycles. The second-order valence-electron chi connectivity index (χ2n) is 9.69. The van der Waals surface area contributed by atoms with Gasteiger partial charge in [-0.25, -0.2) is 13.4 Å². The van der Waals surface area contributed by atoms with Gasteiger partial charge in [0, 0.05) is 46.7 Å². The summed E-state index contributed by atoms with van der Waals surface area (Å²) in [5.41, 5.74) is 4.10. The third-order valence-electron chi connectivity index (χ3n) is 6.50. The van der Waals surface area contributed by atoms with Gasteiger partial charge in [0.2, 0.25) is 0 Å². The summed E-state index contributed by atoms with van der Waals surface area (Å²) in [5, 5.41) is 15.8. The molecule has 0 amide bonds. The summed E-state index contributed by atoms with van der Waals surface area (Å²) in [7, 11) is -3.84. The predicted octanol–water partition coefficient (Wildman–Crippen LogP) is 6.44. The Bertz CT molecular complexity index is 1760. The SMILES string of the molecule is O=S(=O)(Nc1ccc(CCNC[C@H](O)c2cccnc2)cc1)c1ccc(-c2csc(-c3ccc(OC(F)(F)F)cc3)n2)cc1. The molecule has 5 rings (SSSR count). The summed E-state index contributed by atoms with van der Waals surface area (Å²) in [5.74, 6) is -0.318. The van der Waals surface area contributed by atoms with Crippen LogP contribution in [-0.4, -0.2) is 42.9 Å². The first-order valence-corrected chi connectivity index (χ1v) is 15.7. The van der Waals surface area contributed by atoms with Crippen LogP contribution in [0.3, 0.4) is 0 Å². The number of aliphatic hydroxyl groups excluding tert-OH is 1. The molecule has 2 heterocycles. The Labute approximate surface area is 256 Å². The van der Waals surface area contributed by atoms with Crippen LogP contribution in [0.4, 0.5) is 18.9 Å². The molecule has 0 saturated carbocycles. The van der Waals surface area contributed by atoms with E-state index < -0.39 is 22.5 Å². The molecule has 0 spiro atoms. The molecule has 0 saturated heterocycles. The topological polar surface area (TPSA) is 113 Å². The Morgan fingerprint density at radius 2 is 1.64 bits per heavy atom. The Morgan fingerprint density at radius 1 is 0.932 bits per heavy atom. The lowest BCUT2D eigenvalue weighted by molar-refractivity contribution is -0.274. The van der Waals surface area contributed by atoms with Crippen molar-refractivity contribution in [2.45, 2.75) is 23.8 Å². The molecule has 0 bridgehead atoms. The van der Waals surface area contributed by atoms with Gasteiger partial charge in [-0.15, -0.1) is 24.5 Å². The van der Waals surface area contributed by atoms with Crippen molar-refractivity contribution >= 4 is 27.0 Å². The van der Waals surface area contributed by atoms with E-state index in [2.05, 4.69) is 24.7 Å². The normalized spacial score (nSPS) is 12.5. The van der Waals surface area contributed by atoms with Gasteiger partial charge in [0.1, 0.15) is 10.8 Å². The number of nitrogens with one attached hydrogen (secondary N) is 2. The van der Waals surface area contributed by atoms with Crippen LogP contribution in [0.15, 0.2) is 108 Å². The number of nitrogens with zero attached hydrogens (tertiary/aromatic N) is 2. The highest BCUT2D eigenvalue weighted by Gasteiger charge is 2.31. The Morgan fingerprint density at radius 3 is 2.30 bits per heavy atom. The van der Waals surface area contributed by atoms with E-state index in [1.807, 2.05) is 18.2 Å². The molecule has 0 fully saturated rings. The van der Waals surface area contributed by atoms with Crippen molar-refractivity contribution in [3.05, 3.63) is 114 Å². The van der Waals surface area contributed by atoms with E-state index in [0.717, 1.165) is 11.1 Å². The van der Waals surface area contributed by atoms with E-state index in [1.165, 1.54) is 47.7 Å². The summed E-state index contributed by atoms with van der Waals surface area (Å²) >= 11 is 1.31. The first-order valence-electron chi connectivity index (χ1n) is 13.4. The summed E-state index contributed by atoms with van der Waals surface area (Å²) < 4.78 is 69.7. The lowest BCUT2D eigenvalue weighted by Crippen LogP contribution is -2.23.